The summed E-state index contributed by atoms with van der Waals surface area (Å²) >= 11 is 0. The van der Waals surface area contributed by atoms with Crippen LogP contribution in [0.25, 0.3) is 17.1 Å². The molecule has 0 unspecified atom stereocenters. The Morgan fingerprint density at radius 2 is 1.70 bits per heavy atom. The van der Waals surface area contributed by atoms with Gasteiger partial charge in [-0.25, -0.2) is 4.98 Å². The first-order valence-electron chi connectivity index (χ1n) is 13.3. The third-order valence-electron chi connectivity index (χ3n) is 6.43. The van der Waals surface area contributed by atoms with E-state index in [1.807, 2.05) is 42.5 Å². The fourth-order valence-electron chi connectivity index (χ4n) is 4.33. The lowest BCUT2D eigenvalue weighted by atomic mass is 10.0. The number of fused-ring (bicyclic) bond motifs is 1. The van der Waals surface area contributed by atoms with Crippen molar-refractivity contribution in [3.8, 4) is 5.75 Å². The van der Waals surface area contributed by atoms with Gasteiger partial charge in [0.15, 0.2) is 0 Å². The number of carbonyl (C=O) groups is 1. The van der Waals surface area contributed by atoms with Gasteiger partial charge >= 0.3 is 0 Å². The topological polar surface area (TPSA) is 56.1 Å². The molecular weight excluding hydrogens is 458 g/mol. The number of para-hydroxylation sites is 2. The Hall–Kier alpha value is -3.86. The molecule has 5 heteroatoms. The molecule has 1 heterocycles. The van der Waals surface area contributed by atoms with Crippen LogP contribution in [-0.4, -0.2) is 28.6 Å². The minimum Gasteiger partial charge on any atom is -0.494 e. The molecule has 0 aliphatic heterocycles. The van der Waals surface area contributed by atoms with Crippen LogP contribution in [0.4, 0.5) is 0 Å². The summed E-state index contributed by atoms with van der Waals surface area (Å²) in [6.07, 6.45) is 7.06. The molecule has 1 amide bonds. The molecule has 5 nitrogen and oxygen atoms in total. The van der Waals surface area contributed by atoms with E-state index < -0.39 is 0 Å². The molecule has 0 aliphatic carbocycles. The van der Waals surface area contributed by atoms with Gasteiger partial charge in [-0.3, -0.25) is 4.79 Å². The third kappa shape index (κ3) is 7.81. The summed E-state index contributed by atoms with van der Waals surface area (Å²) in [6, 6.07) is 26.5. The number of aryl methyl sites for hydroxylation is 2. The molecule has 0 saturated carbocycles. The smallest absolute Gasteiger partial charge is 0.243 e. The number of nitrogens with zero attached hydrogens (tertiary/aromatic N) is 2. The predicted molar refractivity (Wildman–Crippen MR) is 152 cm³/mol. The van der Waals surface area contributed by atoms with E-state index in [2.05, 4.69) is 66.2 Å². The molecule has 192 valence electrons. The van der Waals surface area contributed by atoms with Crippen LogP contribution in [0.2, 0.25) is 0 Å². The van der Waals surface area contributed by atoms with Gasteiger partial charge in [0.25, 0.3) is 0 Å². The molecule has 4 aromatic rings. The number of unbranched alkanes of at least 4 members (excludes halogenated alkanes) is 1. The summed E-state index contributed by atoms with van der Waals surface area (Å²) in [6.45, 7) is 6.61. The highest BCUT2D eigenvalue weighted by atomic mass is 16.5. The number of nitrogens with one attached hydrogen (secondary N) is 1. The first-order valence-corrected chi connectivity index (χ1v) is 13.3. The minimum atomic E-state index is -0.0730. The van der Waals surface area contributed by atoms with Crippen molar-refractivity contribution in [1.82, 2.24) is 14.9 Å². The zero-order valence-corrected chi connectivity index (χ0v) is 21.9. The van der Waals surface area contributed by atoms with E-state index in [9.17, 15) is 4.79 Å². The van der Waals surface area contributed by atoms with Crippen LogP contribution in [0.1, 0.15) is 56.0 Å². The number of rotatable bonds is 13. The van der Waals surface area contributed by atoms with E-state index in [0.717, 1.165) is 60.4 Å². The van der Waals surface area contributed by atoms with Gasteiger partial charge < -0.3 is 14.6 Å². The molecule has 3 aromatic carbocycles. The second-order valence-electron chi connectivity index (χ2n) is 9.59. The molecular formula is C32H37N3O2. The Balaban J connectivity index is 1.24. The minimum absolute atomic E-state index is 0.0730. The van der Waals surface area contributed by atoms with Crippen molar-refractivity contribution in [1.29, 1.82) is 0 Å². The lowest BCUT2D eigenvalue weighted by Gasteiger charge is -2.11. The Bertz CT molecular complexity index is 1290. The van der Waals surface area contributed by atoms with Crippen molar-refractivity contribution < 1.29 is 9.53 Å². The van der Waals surface area contributed by atoms with Gasteiger partial charge in [0.2, 0.25) is 5.91 Å². The van der Waals surface area contributed by atoms with Crippen molar-refractivity contribution >= 4 is 23.0 Å². The first kappa shape index (κ1) is 26.2. The van der Waals surface area contributed by atoms with Gasteiger partial charge in [-0.15, -0.1) is 0 Å². The van der Waals surface area contributed by atoms with Gasteiger partial charge in [0, 0.05) is 25.6 Å². The SMILES string of the molecule is CC(C)c1ccc(OCCCCn2c(CCCNC(=O)/C=C\c3ccccc3)nc3ccccc32)cc1. The summed E-state index contributed by atoms with van der Waals surface area (Å²) in [5.41, 5.74) is 4.53. The number of amides is 1. The number of imidazole rings is 1. The van der Waals surface area contributed by atoms with Crippen LogP contribution in [-0.2, 0) is 17.8 Å². The van der Waals surface area contributed by atoms with E-state index in [0.29, 0.717) is 19.1 Å². The Morgan fingerprint density at radius 3 is 2.49 bits per heavy atom. The normalized spacial score (nSPS) is 11.4. The first-order chi connectivity index (χ1) is 18.1. The highest BCUT2D eigenvalue weighted by Gasteiger charge is 2.10. The van der Waals surface area contributed by atoms with E-state index in [1.54, 1.807) is 6.08 Å². The van der Waals surface area contributed by atoms with Crippen LogP contribution in [0.5, 0.6) is 5.75 Å². The second-order valence-corrected chi connectivity index (χ2v) is 9.59. The maximum Gasteiger partial charge on any atom is 0.243 e. The number of hydrogen-bond acceptors (Lipinski definition) is 3. The van der Waals surface area contributed by atoms with E-state index in [1.165, 1.54) is 5.56 Å². The highest BCUT2D eigenvalue weighted by molar-refractivity contribution is 5.91. The van der Waals surface area contributed by atoms with Crippen LogP contribution < -0.4 is 10.1 Å². The summed E-state index contributed by atoms with van der Waals surface area (Å²) in [4.78, 5) is 17.0. The van der Waals surface area contributed by atoms with Crippen LogP contribution >= 0.6 is 0 Å². The quantitative estimate of drug-likeness (QED) is 0.164. The van der Waals surface area contributed by atoms with Gasteiger partial charge in [0.1, 0.15) is 11.6 Å². The van der Waals surface area contributed by atoms with Crippen LogP contribution in [0.3, 0.4) is 0 Å². The standard InChI is InChI=1S/C32H37N3O2/c1-25(2)27-17-19-28(20-18-27)37-24-9-8-23-35-30-14-7-6-13-29(30)34-31(35)15-10-22-33-32(36)21-16-26-11-4-3-5-12-26/h3-7,11-14,16-21,25H,8-10,15,22-24H2,1-2H3,(H,33,36)/b21-16-. The Labute approximate surface area is 220 Å². The van der Waals surface area contributed by atoms with Gasteiger partial charge in [-0.05, 0) is 66.6 Å². The fourth-order valence-corrected chi connectivity index (χ4v) is 4.33. The second kappa shape index (κ2) is 13.4. The molecule has 0 aliphatic rings. The molecule has 1 N–H and O–H groups in total. The molecule has 0 spiro atoms. The van der Waals surface area contributed by atoms with Crippen LogP contribution in [0.15, 0.2) is 84.9 Å². The maximum absolute atomic E-state index is 12.2. The van der Waals surface area contributed by atoms with Gasteiger partial charge in [-0.1, -0.05) is 68.4 Å². The van der Waals surface area contributed by atoms with Crippen molar-refractivity contribution in [3.63, 3.8) is 0 Å². The number of ether oxygens (including phenoxy) is 1. The van der Waals surface area contributed by atoms with E-state index in [4.69, 9.17) is 9.72 Å². The summed E-state index contributed by atoms with van der Waals surface area (Å²) in [5.74, 6) is 2.46. The summed E-state index contributed by atoms with van der Waals surface area (Å²) in [5, 5.41) is 2.98. The van der Waals surface area contributed by atoms with Crippen molar-refractivity contribution in [2.45, 2.75) is 52.0 Å². The molecule has 0 radical (unpaired) electrons. The van der Waals surface area contributed by atoms with E-state index in [-0.39, 0.29) is 5.91 Å². The zero-order chi connectivity index (χ0) is 25.9. The molecule has 0 bridgehead atoms. The zero-order valence-electron chi connectivity index (χ0n) is 21.9. The molecule has 0 atom stereocenters. The summed E-state index contributed by atoms with van der Waals surface area (Å²) in [7, 11) is 0. The number of aromatic nitrogens is 2. The monoisotopic (exact) mass is 495 g/mol. The lowest BCUT2D eigenvalue weighted by molar-refractivity contribution is -0.116. The Kier molecular flexibility index (Phi) is 9.53. The molecule has 37 heavy (non-hydrogen) atoms. The average molecular weight is 496 g/mol. The van der Waals surface area contributed by atoms with Crippen molar-refractivity contribution in [2.75, 3.05) is 13.2 Å². The molecule has 1 aromatic heterocycles. The molecule has 0 saturated heterocycles. The summed E-state index contributed by atoms with van der Waals surface area (Å²) < 4.78 is 8.28. The molecule has 0 fully saturated rings. The highest BCUT2D eigenvalue weighted by Crippen LogP contribution is 2.20. The van der Waals surface area contributed by atoms with Crippen molar-refractivity contribution in [3.05, 3.63) is 102 Å². The van der Waals surface area contributed by atoms with Gasteiger partial charge in [-0.2, -0.15) is 0 Å². The largest absolute Gasteiger partial charge is 0.494 e. The van der Waals surface area contributed by atoms with Crippen LogP contribution in [0, 0.1) is 0 Å². The Morgan fingerprint density at radius 1 is 0.946 bits per heavy atom. The maximum atomic E-state index is 12.2. The third-order valence-corrected chi connectivity index (χ3v) is 6.43. The van der Waals surface area contributed by atoms with Gasteiger partial charge in [0.05, 0.1) is 17.6 Å². The lowest BCUT2D eigenvalue weighted by Crippen LogP contribution is -2.22. The molecule has 4 rings (SSSR count). The van der Waals surface area contributed by atoms with E-state index >= 15 is 0 Å². The fraction of sp³-hybridized carbons (Fsp3) is 0.312. The number of benzene rings is 3. The number of carbonyl (C=O) groups excluding carboxylic acids is 1. The predicted octanol–water partition coefficient (Wildman–Crippen LogP) is 6.78. The van der Waals surface area contributed by atoms with Crippen molar-refractivity contribution in [2.24, 2.45) is 0 Å². The average Bonchev–Trinajstić information content (AvgIpc) is 3.28. The number of hydrogen-bond donors (Lipinski definition) is 1.